The van der Waals surface area contributed by atoms with Gasteiger partial charge in [0.1, 0.15) is 12.2 Å². The van der Waals surface area contributed by atoms with Crippen molar-refractivity contribution in [2.75, 3.05) is 0 Å². The number of hydrogen-bond acceptors (Lipinski definition) is 2. The standard InChI is InChI=1S/C7H10N4/c1-3-6-9-4-7(11-6)10-5-8-2/h4-5H,2-3H2,1H3,(H,9,11). The highest BCUT2D eigenvalue weighted by molar-refractivity contribution is 5.65. The largest absolute Gasteiger partial charge is 0.327 e. The van der Waals surface area contributed by atoms with Crippen molar-refractivity contribution in [2.45, 2.75) is 13.3 Å². The number of nitrogens with one attached hydrogen (secondary N) is 1. The first-order valence-corrected chi connectivity index (χ1v) is 3.39. The molecule has 4 nitrogen and oxygen atoms in total. The Balaban J connectivity index is 2.72. The van der Waals surface area contributed by atoms with Crippen molar-refractivity contribution >= 4 is 18.9 Å². The summed E-state index contributed by atoms with van der Waals surface area (Å²) in [5, 5.41) is 0. The summed E-state index contributed by atoms with van der Waals surface area (Å²) >= 11 is 0. The van der Waals surface area contributed by atoms with Gasteiger partial charge in [0, 0.05) is 6.42 Å². The third-order valence-corrected chi connectivity index (χ3v) is 1.23. The van der Waals surface area contributed by atoms with Gasteiger partial charge in [0.15, 0.2) is 5.82 Å². The number of hydrogen-bond donors (Lipinski definition) is 1. The number of aliphatic imine (C=N–C) groups is 2. The van der Waals surface area contributed by atoms with Crippen LogP contribution in [0.25, 0.3) is 0 Å². The lowest BCUT2D eigenvalue weighted by Crippen LogP contribution is -1.79. The van der Waals surface area contributed by atoms with E-state index in [9.17, 15) is 0 Å². The van der Waals surface area contributed by atoms with E-state index in [-0.39, 0.29) is 0 Å². The fourth-order valence-corrected chi connectivity index (χ4v) is 0.700. The van der Waals surface area contributed by atoms with E-state index in [2.05, 4.69) is 26.7 Å². The topological polar surface area (TPSA) is 53.4 Å². The van der Waals surface area contributed by atoms with E-state index in [1.165, 1.54) is 6.34 Å². The first kappa shape index (κ1) is 7.65. The summed E-state index contributed by atoms with van der Waals surface area (Å²) in [6.45, 7) is 5.29. The van der Waals surface area contributed by atoms with Gasteiger partial charge in [0.05, 0.1) is 6.20 Å². The number of rotatable bonds is 3. The van der Waals surface area contributed by atoms with Gasteiger partial charge in [0.2, 0.25) is 0 Å². The average molecular weight is 150 g/mol. The van der Waals surface area contributed by atoms with E-state index in [1.807, 2.05) is 6.92 Å². The quantitative estimate of drug-likeness (QED) is 0.513. The maximum absolute atomic E-state index is 4.06. The van der Waals surface area contributed by atoms with Crippen LogP contribution in [0.1, 0.15) is 12.7 Å². The smallest absolute Gasteiger partial charge is 0.151 e. The second-order valence-electron chi connectivity index (χ2n) is 2.00. The van der Waals surface area contributed by atoms with Crippen LogP contribution in [0.5, 0.6) is 0 Å². The van der Waals surface area contributed by atoms with Gasteiger partial charge in [0.25, 0.3) is 0 Å². The lowest BCUT2D eigenvalue weighted by atomic mass is 10.5. The highest BCUT2D eigenvalue weighted by Crippen LogP contribution is 2.06. The maximum Gasteiger partial charge on any atom is 0.151 e. The Kier molecular flexibility index (Phi) is 2.54. The van der Waals surface area contributed by atoms with Crippen LogP contribution in [0.3, 0.4) is 0 Å². The van der Waals surface area contributed by atoms with Crippen LogP contribution in [-0.4, -0.2) is 23.0 Å². The number of aryl methyl sites for hydroxylation is 1. The Morgan fingerprint density at radius 1 is 1.82 bits per heavy atom. The molecule has 1 heterocycles. The molecule has 58 valence electrons. The summed E-state index contributed by atoms with van der Waals surface area (Å²) in [5.74, 6) is 1.65. The molecule has 1 aromatic rings. The third-order valence-electron chi connectivity index (χ3n) is 1.23. The zero-order valence-corrected chi connectivity index (χ0v) is 6.41. The lowest BCUT2D eigenvalue weighted by Gasteiger charge is -1.83. The molecule has 0 saturated heterocycles. The summed E-state index contributed by atoms with van der Waals surface area (Å²) in [4.78, 5) is 14.5. The van der Waals surface area contributed by atoms with E-state index in [1.54, 1.807) is 6.20 Å². The first-order chi connectivity index (χ1) is 5.36. The number of aromatic nitrogens is 2. The zero-order chi connectivity index (χ0) is 8.10. The SMILES string of the molecule is C=NC=Nc1cnc(CC)[nH]1. The number of nitrogens with zero attached hydrogens (tertiary/aromatic N) is 3. The second-order valence-corrected chi connectivity index (χ2v) is 2.00. The second kappa shape index (κ2) is 3.65. The van der Waals surface area contributed by atoms with Crippen LogP contribution in [0.15, 0.2) is 16.2 Å². The van der Waals surface area contributed by atoms with Crippen molar-refractivity contribution in [3.05, 3.63) is 12.0 Å². The van der Waals surface area contributed by atoms with E-state index in [0.717, 1.165) is 12.2 Å². The summed E-state index contributed by atoms with van der Waals surface area (Å²) in [6, 6.07) is 0. The summed E-state index contributed by atoms with van der Waals surface area (Å²) < 4.78 is 0. The molecule has 11 heavy (non-hydrogen) atoms. The number of imidazole rings is 1. The monoisotopic (exact) mass is 150 g/mol. The van der Waals surface area contributed by atoms with Crippen LogP contribution in [0.2, 0.25) is 0 Å². The van der Waals surface area contributed by atoms with Crippen molar-refractivity contribution in [3.8, 4) is 0 Å². The molecule has 0 saturated carbocycles. The highest BCUT2D eigenvalue weighted by Gasteiger charge is 1.93. The number of H-pyrrole nitrogens is 1. The molecular formula is C7H10N4. The van der Waals surface area contributed by atoms with Gasteiger partial charge in [-0.3, -0.25) is 4.99 Å². The molecule has 0 spiro atoms. The van der Waals surface area contributed by atoms with Crippen LogP contribution < -0.4 is 0 Å². The Bertz CT molecular complexity index is 261. The number of aromatic amines is 1. The van der Waals surface area contributed by atoms with Gasteiger partial charge >= 0.3 is 0 Å². The Morgan fingerprint density at radius 3 is 3.18 bits per heavy atom. The molecule has 1 aromatic heterocycles. The molecule has 0 amide bonds. The molecule has 0 fully saturated rings. The first-order valence-electron chi connectivity index (χ1n) is 3.39. The minimum absolute atomic E-state index is 0.717. The molecule has 0 bridgehead atoms. The summed E-state index contributed by atoms with van der Waals surface area (Å²) in [7, 11) is 0. The predicted molar refractivity (Wildman–Crippen MR) is 45.7 cm³/mol. The van der Waals surface area contributed by atoms with Gasteiger partial charge < -0.3 is 4.98 Å². The molecule has 1 rings (SSSR count). The fourth-order valence-electron chi connectivity index (χ4n) is 0.700. The van der Waals surface area contributed by atoms with Gasteiger partial charge in [-0.15, -0.1) is 0 Å². The fraction of sp³-hybridized carbons (Fsp3) is 0.286. The van der Waals surface area contributed by atoms with Crippen molar-refractivity contribution in [3.63, 3.8) is 0 Å². The molecule has 1 N–H and O–H groups in total. The third kappa shape index (κ3) is 2.00. The van der Waals surface area contributed by atoms with Crippen LogP contribution in [0, 0.1) is 0 Å². The van der Waals surface area contributed by atoms with Crippen LogP contribution >= 0.6 is 0 Å². The van der Waals surface area contributed by atoms with Crippen molar-refractivity contribution in [1.82, 2.24) is 9.97 Å². The minimum Gasteiger partial charge on any atom is -0.327 e. The van der Waals surface area contributed by atoms with Gasteiger partial charge in [-0.2, -0.15) is 0 Å². The Labute approximate surface area is 65.1 Å². The predicted octanol–water partition coefficient (Wildman–Crippen LogP) is 1.33. The summed E-state index contributed by atoms with van der Waals surface area (Å²) in [5.41, 5.74) is 0. The van der Waals surface area contributed by atoms with E-state index >= 15 is 0 Å². The van der Waals surface area contributed by atoms with Crippen molar-refractivity contribution in [1.29, 1.82) is 0 Å². The van der Waals surface area contributed by atoms with Crippen molar-refractivity contribution < 1.29 is 0 Å². The molecule has 0 unspecified atom stereocenters. The molecule has 0 aromatic carbocycles. The van der Waals surface area contributed by atoms with Crippen LogP contribution in [0.4, 0.5) is 5.82 Å². The van der Waals surface area contributed by atoms with Gasteiger partial charge in [-0.1, -0.05) is 6.92 Å². The Morgan fingerprint density at radius 2 is 2.64 bits per heavy atom. The lowest BCUT2D eigenvalue weighted by molar-refractivity contribution is 0.989. The normalized spacial score (nSPS) is 10.6. The van der Waals surface area contributed by atoms with E-state index in [0.29, 0.717) is 5.82 Å². The van der Waals surface area contributed by atoms with E-state index < -0.39 is 0 Å². The average Bonchev–Trinajstić information content (AvgIpc) is 2.48. The minimum atomic E-state index is 0.717. The molecule has 0 atom stereocenters. The molecular weight excluding hydrogens is 140 g/mol. The molecule has 0 radical (unpaired) electrons. The molecule has 0 aliphatic rings. The molecule has 0 aliphatic heterocycles. The van der Waals surface area contributed by atoms with Crippen molar-refractivity contribution in [2.24, 2.45) is 9.98 Å². The van der Waals surface area contributed by atoms with Gasteiger partial charge in [-0.25, -0.2) is 9.98 Å². The van der Waals surface area contributed by atoms with Gasteiger partial charge in [-0.05, 0) is 6.72 Å². The summed E-state index contributed by atoms with van der Waals surface area (Å²) in [6.07, 6.45) is 3.94. The maximum atomic E-state index is 4.06. The Hall–Kier alpha value is -1.45. The molecule has 0 aliphatic carbocycles. The molecule has 4 heteroatoms. The van der Waals surface area contributed by atoms with E-state index in [4.69, 9.17) is 0 Å². The zero-order valence-electron chi connectivity index (χ0n) is 6.41. The van der Waals surface area contributed by atoms with Crippen LogP contribution in [-0.2, 0) is 6.42 Å². The highest BCUT2D eigenvalue weighted by atomic mass is 15.0.